The van der Waals surface area contributed by atoms with Crippen molar-refractivity contribution in [2.45, 2.75) is 26.7 Å². The lowest BCUT2D eigenvalue weighted by Gasteiger charge is -1.94. The Morgan fingerprint density at radius 3 is 2.57 bits per heavy atom. The van der Waals surface area contributed by atoms with Crippen LogP contribution in [0, 0.1) is 18.9 Å². The van der Waals surface area contributed by atoms with E-state index in [0.717, 1.165) is 12.1 Å². The molecule has 74 valence electrons. The molecule has 1 rings (SSSR count). The van der Waals surface area contributed by atoms with Gasteiger partial charge in [-0.05, 0) is 31.4 Å². The van der Waals surface area contributed by atoms with E-state index in [1.165, 1.54) is 18.4 Å². The largest absolute Gasteiger partial charge is 0.346 e. The molecule has 0 spiro atoms. The number of unbranched alkanes of at least 4 members (excludes halogenated alkanes) is 1. The first kappa shape index (κ1) is 10.7. The van der Waals surface area contributed by atoms with Crippen LogP contribution >= 0.6 is 0 Å². The number of hydrogen-bond donors (Lipinski definition) is 1. The van der Waals surface area contributed by atoms with Crippen molar-refractivity contribution in [3.63, 3.8) is 0 Å². The van der Waals surface area contributed by atoms with Crippen LogP contribution in [0.4, 0.5) is 0 Å². The maximum atomic E-state index is 3.09. The highest BCUT2D eigenvalue weighted by Gasteiger charge is 1.85. The van der Waals surface area contributed by atoms with Crippen molar-refractivity contribution in [2.75, 3.05) is 6.54 Å². The lowest BCUT2D eigenvalue weighted by atomic mass is 10.2. The predicted octanol–water partition coefficient (Wildman–Crippen LogP) is 2.69. The molecule has 14 heavy (non-hydrogen) atoms. The van der Waals surface area contributed by atoms with Gasteiger partial charge in [-0.15, -0.1) is 0 Å². The third-order valence-corrected chi connectivity index (χ3v) is 2.00. The second-order valence-corrected chi connectivity index (χ2v) is 3.40. The van der Waals surface area contributed by atoms with Crippen LogP contribution in [0.15, 0.2) is 24.3 Å². The fourth-order valence-electron chi connectivity index (χ4n) is 1.08. The van der Waals surface area contributed by atoms with Crippen molar-refractivity contribution < 1.29 is 0 Å². The molecular weight excluding hydrogens is 170 g/mol. The Morgan fingerprint density at radius 2 is 1.93 bits per heavy atom. The van der Waals surface area contributed by atoms with Crippen molar-refractivity contribution in [3.8, 4) is 12.0 Å². The van der Waals surface area contributed by atoms with Crippen LogP contribution in [0.2, 0.25) is 0 Å². The van der Waals surface area contributed by atoms with Gasteiger partial charge in [0.25, 0.3) is 0 Å². The van der Waals surface area contributed by atoms with Crippen molar-refractivity contribution in [2.24, 2.45) is 0 Å². The molecule has 0 radical (unpaired) electrons. The normalized spacial score (nSPS) is 9.00. The zero-order valence-electron chi connectivity index (χ0n) is 8.93. The lowest BCUT2D eigenvalue weighted by Crippen LogP contribution is -2.06. The quantitative estimate of drug-likeness (QED) is 0.436. The Morgan fingerprint density at radius 1 is 1.21 bits per heavy atom. The van der Waals surface area contributed by atoms with Crippen LogP contribution in [0.1, 0.15) is 30.9 Å². The summed E-state index contributed by atoms with van der Waals surface area (Å²) in [5.74, 6) is 3.07. The number of nitrogens with one attached hydrogen (secondary N) is 1. The topological polar surface area (TPSA) is 12.0 Å². The standard InChI is InChI=1S/C13H17N/c1-3-4-10-14-11-9-13-7-5-12(2)6-8-13/h5-8,14H,3-4,10H2,1-2H3. The summed E-state index contributed by atoms with van der Waals surface area (Å²) in [5, 5.41) is 3.09. The van der Waals surface area contributed by atoms with E-state index in [9.17, 15) is 0 Å². The van der Waals surface area contributed by atoms with Crippen molar-refractivity contribution in [3.05, 3.63) is 35.4 Å². The number of rotatable bonds is 3. The number of hydrogen-bond acceptors (Lipinski definition) is 1. The summed E-state index contributed by atoms with van der Waals surface area (Å²) in [5.41, 5.74) is 2.34. The van der Waals surface area contributed by atoms with Gasteiger partial charge in [0.2, 0.25) is 0 Å². The van der Waals surface area contributed by atoms with Crippen LogP contribution in [0.3, 0.4) is 0 Å². The second-order valence-electron chi connectivity index (χ2n) is 3.40. The smallest absolute Gasteiger partial charge is 0.0263 e. The Labute approximate surface area is 86.5 Å². The fourth-order valence-corrected chi connectivity index (χ4v) is 1.08. The minimum Gasteiger partial charge on any atom is -0.346 e. The van der Waals surface area contributed by atoms with Crippen LogP contribution < -0.4 is 5.32 Å². The molecule has 0 aliphatic heterocycles. The molecule has 0 unspecified atom stereocenters. The molecular formula is C13H17N. The maximum Gasteiger partial charge on any atom is 0.0263 e. The Kier molecular flexibility index (Phi) is 4.64. The van der Waals surface area contributed by atoms with Crippen molar-refractivity contribution >= 4 is 0 Å². The first-order valence-electron chi connectivity index (χ1n) is 5.13. The lowest BCUT2D eigenvalue weighted by molar-refractivity contribution is 0.747. The van der Waals surface area contributed by atoms with Gasteiger partial charge in [-0.1, -0.05) is 31.0 Å². The van der Waals surface area contributed by atoms with Crippen LogP contribution in [0.5, 0.6) is 0 Å². The highest BCUT2D eigenvalue weighted by atomic mass is 14.8. The summed E-state index contributed by atoms with van der Waals surface area (Å²) in [6.45, 7) is 5.24. The minimum atomic E-state index is 0.982. The Bertz CT molecular complexity index is 313. The number of benzene rings is 1. The van der Waals surface area contributed by atoms with Crippen LogP contribution in [-0.4, -0.2) is 6.54 Å². The third kappa shape index (κ3) is 4.00. The van der Waals surface area contributed by atoms with E-state index in [2.05, 4.69) is 43.3 Å². The average molecular weight is 187 g/mol. The predicted molar refractivity (Wildman–Crippen MR) is 61.0 cm³/mol. The second kappa shape index (κ2) is 6.10. The molecule has 1 N–H and O–H groups in total. The molecule has 0 aliphatic carbocycles. The van der Waals surface area contributed by atoms with Gasteiger partial charge in [0.15, 0.2) is 0 Å². The van der Waals surface area contributed by atoms with E-state index < -0.39 is 0 Å². The summed E-state index contributed by atoms with van der Waals surface area (Å²) >= 11 is 0. The zero-order chi connectivity index (χ0) is 10.2. The first-order valence-corrected chi connectivity index (χ1v) is 5.13. The van der Waals surface area contributed by atoms with E-state index in [1.54, 1.807) is 0 Å². The molecule has 0 saturated heterocycles. The molecule has 1 heteroatoms. The SMILES string of the molecule is CCCCNC#Cc1ccc(C)cc1. The Hall–Kier alpha value is -1.42. The van der Waals surface area contributed by atoms with E-state index in [-0.39, 0.29) is 0 Å². The fraction of sp³-hybridized carbons (Fsp3) is 0.385. The molecule has 1 aromatic carbocycles. The number of aryl methyl sites for hydroxylation is 1. The van der Waals surface area contributed by atoms with Gasteiger partial charge in [-0.25, -0.2) is 0 Å². The summed E-state index contributed by atoms with van der Waals surface area (Å²) < 4.78 is 0. The molecule has 0 aliphatic rings. The molecule has 0 aromatic heterocycles. The van der Waals surface area contributed by atoms with Gasteiger partial charge >= 0.3 is 0 Å². The third-order valence-electron chi connectivity index (χ3n) is 2.00. The summed E-state index contributed by atoms with van der Waals surface area (Å²) in [6.07, 6.45) is 2.39. The average Bonchev–Trinajstić information content (AvgIpc) is 2.21. The van der Waals surface area contributed by atoms with Gasteiger partial charge < -0.3 is 5.32 Å². The summed E-state index contributed by atoms with van der Waals surface area (Å²) in [4.78, 5) is 0. The molecule has 0 bridgehead atoms. The van der Waals surface area contributed by atoms with E-state index in [1.807, 2.05) is 12.1 Å². The molecule has 1 aromatic rings. The molecule has 0 fully saturated rings. The molecule has 1 nitrogen and oxygen atoms in total. The van der Waals surface area contributed by atoms with E-state index in [4.69, 9.17) is 0 Å². The van der Waals surface area contributed by atoms with Gasteiger partial charge in [0.05, 0.1) is 0 Å². The molecule has 0 heterocycles. The van der Waals surface area contributed by atoms with Gasteiger partial charge in [0, 0.05) is 18.2 Å². The highest BCUT2D eigenvalue weighted by Crippen LogP contribution is 2.00. The first-order chi connectivity index (χ1) is 6.83. The van der Waals surface area contributed by atoms with E-state index >= 15 is 0 Å². The monoisotopic (exact) mass is 187 g/mol. The minimum absolute atomic E-state index is 0.982. The van der Waals surface area contributed by atoms with Crippen molar-refractivity contribution in [1.82, 2.24) is 5.32 Å². The maximum absolute atomic E-state index is 3.09. The van der Waals surface area contributed by atoms with Gasteiger partial charge in [-0.2, -0.15) is 0 Å². The molecule has 0 atom stereocenters. The summed E-state index contributed by atoms with van der Waals surface area (Å²) in [7, 11) is 0. The van der Waals surface area contributed by atoms with E-state index in [0.29, 0.717) is 0 Å². The summed E-state index contributed by atoms with van der Waals surface area (Å²) in [6, 6.07) is 11.2. The van der Waals surface area contributed by atoms with Gasteiger partial charge in [-0.3, -0.25) is 0 Å². The molecule has 0 saturated carbocycles. The van der Waals surface area contributed by atoms with Crippen LogP contribution in [-0.2, 0) is 0 Å². The van der Waals surface area contributed by atoms with Gasteiger partial charge in [0.1, 0.15) is 0 Å². The molecule has 0 amide bonds. The Balaban J connectivity index is 2.39. The van der Waals surface area contributed by atoms with Crippen LogP contribution in [0.25, 0.3) is 0 Å². The zero-order valence-corrected chi connectivity index (χ0v) is 8.93. The van der Waals surface area contributed by atoms with Crippen molar-refractivity contribution in [1.29, 1.82) is 0 Å². The highest BCUT2D eigenvalue weighted by molar-refractivity contribution is 5.35.